The quantitative estimate of drug-likeness (QED) is 0.642. The van der Waals surface area contributed by atoms with Crippen LogP contribution in [0.5, 0.6) is 0 Å². The van der Waals surface area contributed by atoms with Crippen molar-refractivity contribution >= 4 is 6.29 Å². The fraction of sp³-hybridized carbons (Fsp3) is 0.444. The van der Waals surface area contributed by atoms with Crippen LogP contribution in [0, 0.1) is 0 Å². The summed E-state index contributed by atoms with van der Waals surface area (Å²) in [7, 11) is 0. The average Bonchev–Trinajstić information content (AvgIpc) is 2.81. The van der Waals surface area contributed by atoms with E-state index in [1.807, 2.05) is 24.5 Å². The summed E-state index contributed by atoms with van der Waals surface area (Å²) < 4.78 is 4.93. The van der Waals surface area contributed by atoms with Gasteiger partial charge in [0.1, 0.15) is 12.4 Å². The summed E-state index contributed by atoms with van der Waals surface area (Å²) in [6, 6.07) is 3.89. The largest absolute Gasteiger partial charge is 0.371 e. The molecular weight excluding hydrogens is 154 g/mol. The van der Waals surface area contributed by atoms with E-state index >= 15 is 0 Å². The number of nitrogens with one attached hydrogen (secondary N) is 1. The lowest BCUT2D eigenvalue weighted by Crippen LogP contribution is -2.04. The highest BCUT2D eigenvalue weighted by Crippen LogP contribution is 2.08. The Morgan fingerprint density at radius 3 is 2.42 bits per heavy atom. The summed E-state index contributed by atoms with van der Waals surface area (Å²) in [5.74, 6) is 0. The van der Waals surface area contributed by atoms with E-state index in [0.717, 1.165) is 25.7 Å². The normalized spacial score (nSPS) is 21.2. The Morgan fingerprint density at radius 2 is 2.17 bits per heavy atom. The van der Waals surface area contributed by atoms with Crippen LogP contribution < -0.4 is 0 Å². The zero-order valence-corrected chi connectivity index (χ0v) is 6.90. The van der Waals surface area contributed by atoms with Crippen LogP contribution in [-0.4, -0.2) is 24.0 Å². The Labute approximate surface area is 71.7 Å². The molecule has 1 fully saturated rings. The maximum absolute atomic E-state index is 9.88. The van der Waals surface area contributed by atoms with E-state index in [1.165, 1.54) is 0 Å². The molecule has 3 heteroatoms. The van der Waals surface area contributed by atoms with Gasteiger partial charge in [0.25, 0.3) is 0 Å². The van der Waals surface area contributed by atoms with Gasteiger partial charge in [-0.15, -0.1) is 0 Å². The number of aromatic amines is 1. The summed E-state index contributed by atoms with van der Waals surface area (Å²) in [4.78, 5) is 12.7. The van der Waals surface area contributed by atoms with Crippen LogP contribution in [0.1, 0.15) is 12.8 Å². The summed E-state index contributed by atoms with van der Waals surface area (Å²) in [6.45, 7) is 0.767. The smallest absolute Gasteiger partial charge is 0.148 e. The highest BCUT2D eigenvalue weighted by atomic mass is 16.5. The molecule has 0 saturated carbocycles. The Balaban J connectivity index is 0.000000127. The fourth-order valence-electron chi connectivity index (χ4n) is 0.988. The van der Waals surface area contributed by atoms with Gasteiger partial charge in [0.05, 0.1) is 0 Å². The lowest BCUT2D eigenvalue weighted by Gasteiger charge is -1.93. The number of hydrogen-bond acceptors (Lipinski definition) is 2. The number of aromatic nitrogens is 1. The Morgan fingerprint density at radius 1 is 1.42 bits per heavy atom. The Hall–Kier alpha value is -1.09. The number of carbonyl (C=O) groups excluding carboxylic acids is 1. The molecular formula is C9H13NO2. The first-order valence-corrected chi connectivity index (χ1v) is 4.08. The second kappa shape index (κ2) is 5.55. The minimum Gasteiger partial charge on any atom is -0.371 e. The first kappa shape index (κ1) is 9.00. The van der Waals surface area contributed by atoms with E-state index < -0.39 is 0 Å². The zero-order chi connectivity index (χ0) is 8.65. The Bertz CT molecular complexity index is 173. The summed E-state index contributed by atoms with van der Waals surface area (Å²) in [6.07, 6.45) is 6.50. The first-order chi connectivity index (χ1) is 5.93. The van der Waals surface area contributed by atoms with Gasteiger partial charge in [0.15, 0.2) is 0 Å². The van der Waals surface area contributed by atoms with Crippen LogP contribution in [0.4, 0.5) is 0 Å². The molecule has 0 amide bonds. The molecule has 2 rings (SSSR count). The van der Waals surface area contributed by atoms with Gasteiger partial charge in [-0.25, -0.2) is 0 Å². The standard InChI is InChI=1S/C5H8O2.C4H5N/c6-4-5-2-1-3-7-5;1-2-4-5-3-1/h4-5H,1-3H2;1-5H. The van der Waals surface area contributed by atoms with E-state index in [1.54, 1.807) is 0 Å². The van der Waals surface area contributed by atoms with Gasteiger partial charge in [-0.05, 0) is 25.0 Å². The van der Waals surface area contributed by atoms with Gasteiger partial charge in [-0.3, -0.25) is 0 Å². The van der Waals surface area contributed by atoms with Crippen molar-refractivity contribution in [1.82, 2.24) is 4.98 Å². The van der Waals surface area contributed by atoms with Crippen molar-refractivity contribution in [3.8, 4) is 0 Å². The minimum atomic E-state index is -0.0833. The number of carbonyl (C=O) groups is 1. The molecule has 1 unspecified atom stereocenters. The van der Waals surface area contributed by atoms with Gasteiger partial charge in [0.2, 0.25) is 0 Å². The maximum Gasteiger partial charge on any atom is 0.148 e. The van der Waals surface area contributed by atoms with Crippen LogP contribution in [0.2, 0.25) is 0 Å². The molecule has 1 aliphatic heterocycles. The van der Waals surface area contributed by atoms with Gasteiger partial charge >= 0.3 is 0 Å². The van der Waals surface area contributed by atoms with Crippen molar-refractivity contribution in [2.75, 3.05) is 6.61 Å². The third-order valence-electron chi connectivity index (χ3n) is 1.61. The van der Waals surface area contributed by atoms with Gasteiger partial charge in [0, 0.05) is 19.0 Å². The van der Waals surface area contributed by atoms with Crippen LogP contribution in [-0.2, 0) is 9.53 Å². The SMILES string of the molecule is O=CC1CCCO1.c1cc[nH]c1. The number of rotatable bonds is 1. The molecule has 0 radical (unpaired) electrons. The molecule has 0 bridgehead atoms. The highest BCUT2D eigenvalue weighted by Gasteiger charge is 2.12. The van der Waals surface area contributed by atoms with Crippen molar-refractivity contribution < 1.29 is 9.53 Å². The van der Waals surface area contributed by atoms with Gasteiger partial charge in [-0.2, -0.15) is 0 Å². The number of ether oxygens (including phenoxy) is 1. The molecule has 1 N–H and O–H groups in total. The predicted octanol–water partition coefficient (Wildman–Crippen LogP) is 1.38. The minimum absolute atomic E-state index is 0.0833. The van der Waals surface area contributed by atoms with Crippen molar-refractivity contribution in [1.29, 1.82) is 0 Å². The molecule has 0 spiro atoms. The van der Waals surface area contributed by atoms with Crippen molar-refractivity contribution in [2.45, 2.75) is 18.9 Å². The van der Waals surface area contributed by atoms with Gasteiger partial charge < -0.3 is 14.5 Å². The highest BCUT2D eigenvalue weighted by molar-refractivity contribution is 5.56. The lowest BCUT2D eigenvalue weighted by molar-refractivity contribution is -0.115. The monoisotopic (exact) mass is 167 g/mol. The van der Waals surface area contributed by atoms with E-state index in [4.69, 9.17) is 4.74 Å². The van der Waals surface area contributed by atoms with Gasteiger partial charge in [-0.1, -0.05) is 0 Å². The van der Waals surface area contributed by atoms with Crippen LogP contribution >= 0.6 is 0 Å². The molecule has 12 heavy (non-hydrogen) atoms. The topological polar surface area (TPSA) is 42.1 Å². The molecule has 1 saturated heterocycles. The van der Waals surface area contributed by atoms with Crippen molar-refractivity contribution in [2.24, 2.45) is 0 Å². The van der Waals surface area contributed by atoms with E-state index in [9.17, 15) is 4.79 Å². The van der Waals surface area contributed by atoms with Crippen LogP contribution in [0.15, 0.2) is 24.5 Å². The molecule has 0 aliphatic carbocycles. The third-order valence-corrected chi connectivity index (χ3v) is 1.61. The van der Waals surface area contributed by atoms with Crippen molar-refractivity contribution in [3.05, 3.63) is 24.5 Å². The summed E-state index contributed by atoms with van der Waals surface area (Å²) >= 11 is 0. The number of aldehydes is 1. The molecule has 0 aromatic carbocycles. The molecule has 1 aliphatic rings. The molecule has 66 valence electrons. The summed E-state index contributed by atoms with van der Waals surface area (Å²) in [5.41, 5.74) is 0. The van der Waals surface area contributed by atoms with Crippen LogP contribution in [0.3, 0.4) is 0 Å². The third kappa shape index (κ3) is 3.34. The predicted molar refractivity (Wildman–Crippen MR) is 45.8 cm³/mol. The number of H-pyrrole nitrogens is 1. The first-order valence-electron chi connectivity index (χ1n) is 4.08. The van der Waals surface area contributed by atoms with Crippen LogP contribution in [0.25, 0.3) is 0 Å². The molecule has 1 atom stereocenters. The Kier molecular flexibility index (Phi) is 4.16. The summed E-state index contributed by atoms with van der Waals surface area (Å²) in [5, 5.41) is 0. The van der Waals surface area contributed by atoms with Crippen molar-refractivity contribution in [3.63, 3.8) is 0 Å². The maximum atomic E-state index is 9.88. The zero-order valence-electron chi connectivity index (χ0n) is 6.90. The fourth-order valence-corrected chi connectivity index (χ4v) is 0.988. The second-order valence-corrected chi connectivity index (χ2v) is 2.57. The number of hydrogen-bond donors (Lipinski definition) is 1. The molecule has 3 nitrogen and oxygen atoms in total. The molecule has 1 aromatic rings. The van der Waals surface area contributed by atoms with E-state index in [-0.39, 0.29) is 6.10 Å². The average molecular weight is 167 g/mol. The molecule has 2 heterocycles. The second-order valence-electron chi connectivity index (χ2n) is 2.57. The van der Waals surface area contributed by atoms with E-state index in [2.05, 4.69) is 4.98 Å². The van der Waals surface area contributed by atoms with E-state index in [0.29, 0.717) is 0 Å². The molecule has 1 aromatic heterocycles. The lowest BCUT2D eigenvalue weighted by atomic mass is 10.3.